The average molecular weight is 327 g/mol. The van der Waals surface area contributed by atoms with E-state index in [2.05, 4.69) is 9.46 Å². The third kappa shape index (κ3) is 5.50. The second kappa shape index (κ2) is 7.07. The molecule has 1 rings (SSSR count). The number of benzene rings is 1. The van der Waals surface area contributed by atoms with Crippen molar-refractivity contribution in [3.63, 3.8) is 0 Å². The van der Waals surface area contributed by atoms with Crippen molar-refractivity contribution in [1.82, 2.24) is 4.72 Å². The summed E-state index contributed by atoms with van der Waals surface area (Å²) in [5, 5.41) is 0. The Balaban J connectivity index is 2.95. The molecule has 4 N–H and O–H groups in total. The summed E-state index contributed by atoms with van der Waals surface area (Å²) in [5.74, 6) is 0. The Morgan fingerprint density at radius 2 is 2.00 bits per heavy atom. The van der Waals surface area contributed by atoms with Gasteiger partial charge in [-0.1, -0.05) is 6.07 Å². The van der Waals surface area contributed by atoms with Crippen molar-refractivity contribution in [2.24, 2.45) is 5.73 Å². The first-order valence-corrected chi connectivity index (χ1v) is 7.34. The zero-order valence-corrected chi connectivity index (χ0v) is 12.0. The Hall–Kier alpha value is -1.36. The second-order valence-electron chi connectivity index (χ2n) is 4.07. The largest absolute Gasteiger partial charge is 0.416 e. The summed E-state index contributed by atoms with van der Waals surface area (Å²) in [6.07, 6.45) is -4.61. The van der Waals surface area contributed by atoms with Crippen molar-refractivity contribution < 1.29 is 26.3 Å². The lowest BCUT2D eigenvalue weighted by atomic mass is 10.1. The highest BCUT2D eigenvalue weighted by Gasteiger charge is 2.33. The molecule has 0 aliphatic rings. The zero-order valence-electron chi connectivity index (χ0n) is 11.2. The standard InChI is InChI=1S/C11H16F3N3O3S/c1-20-5-4-16-21(18,19)17-9-3-2-8(7-15)10(6-9)11(12,13)14/h2-3,6,16-17H,4-5,7,15H2,1H3. The van der Waals surface area contributed by atoms with E-state index in [1.165, 1.54) is 13.2 Å². The minimum Gasteiger partial charge on any atom is -0.383 e. The van der Waals surface area contributed by atoms with Crippen LogP contribution < -0.4 is 15.2 Å². The van der Waals surface area contributed by atoms with E-state index < -0.39 is 21.9 Å². The van der Waals surface area contributed by atoms with Crippen LogP contribution in [0.3, 0.4) is 0 Å². The van der Waals surface area contributed by atoms with Crippen molar-refractivity contribution in [2.45, 2.75) is 12.7 Å². The molecular weight excluding hydrogens is 311 g/mol. The van der Waals surface area contributed by atoms with E-state index in [1.54, 1.807) is 0 Å². The predicted octanol–water partition coefficient (Wildman–Crippen LogP) is 1.06. The normalized spacial score (nSPS) is 12.4. The van der Waals surface area contributed by atoms with Gasteiger partial charge >= 0.3 is 6.18 Å². The minimum absolute atomic E-state index is 0.00115. The minimum atomic E-state index is -4.61. The van der Waals surface area contributed by atoms with Crippen LogP contribution in [0.15, 0.2) is 18.2 Å². The number of alkyl halides is 3. The molecule has 0 spiro atoms. The molecule has 0 saturated carbocycles. The van der Waals surface area contributed by atoms with E-state index in [4.69, 9.17) is 5.73 Å². The Bertz CT molecular complexity index is 576. The molecule has 10 heteroatoms. The number of halogens is 3. The van der Waals surface area contributed by atoms with Gasteiger partial charge in [0, 0.05) is 20.2 Å². The molecule has 1 aromatic rings. The molecule has 0 heterocycles. The fourth-order valence-electron chi connectivity index (χ4n) is 1.55. The molecule has 0 radical (unpaired) electrons. The number of ether oxygens (including phenoxy) is 1. The van der Waals surface area contributed by atoms with Crippen molar-refractivity contribution in [3.05, 3.63) is 29.3 Å². The number of anilines is 1. The molecule has 0 amide bonds. The molecule has 0 saturated heterocycles. The summed E-state index contributed by atoms with van der Waals surface area (Å²) in [5.41, 5.74) is 3.95. The van der Waals surface area contributed by atoms with Crippen LogP contribution in [-0.2, 0) is 27.7 Å². The Morgan fingerprint density at radius 1 is 1.33 bits per heavy atom. The first kappa shape index (κ1) is 17.7. The zero-order chi connectivity index (χ0) is 16.1. The van der Waals surface area contributed by atoms with Gasteiger partial charge in [-0.15, -0.1) is 0 Å². The molecular formula is C11H16F3N3O3S. The van der Waals surface area contributed by atoms with Crippen LogP contribution in [0.2, 0.25) is 0 Å². The van der Waals surface area contributed by atoms with Crippen molar-refractivity contribution in [1.29, 1.82) is 0 Å². The highest BCUT2D eigenvalue weighted by atomic mass is 32.2. The predicted molar refractivity (Wildman–Crippen MR) is 71.8 cm³/mol. The first-order chi connectivity index (χ1) is 9.69. The molecule has 120 valence electrons. The molecule has 0 bridgehead atoms. The summed E-state index contributed by atoms with van der Waals surface area (Å²) < 4.78 is 70.5. The first-order valence-electron chi connectivity index (χ1n) is 5.86. The van der Waals surface area contributed by atoms with Crippen LogP contribution in [0.1, 0.15) is 11.1 Å². The van der Waals surface area contributed by atoms with Crippen molar-refractivity contribution in [2.75, 3.05) is 25.0 Å². The fraction of sp³-hybridized carbons (Fsp3) is 0.455. The maximum absolute atomic E-state index is 12.8. The lowest BCUT2D eigenvalue weighted by molar-refractivity contribution is -0.138. The second-order valence-corrected chi connectivity index (χ2v) is 5.57. The third-order valence-electron chi connectivity index (χ3n) is 2.49. The number of nitrogens with one attached hydrogen (secondary N) is 2. The van der Waals surface area contributed by atoms with Crippen LogP contribution in [0.4, 0.5) is 18.9 Å². The van der Waals surface area contributed by atoms with Gasteiger partial charge in [0.05, 0.1) is 17.9 Å². The van der Waals surface area contributed by atoms with E-state index in [0.717, 1.165) is 6.07 Å². The van der Waals surface area contributed by atoms with E-state index in [-0.39, 0.29) is 30.9 Å². The number of hydrogen-bond acceptors (Lipinski definition) is 4. The highest BCUT2D eigenvalue weighted by molar-refractivity contribution is 7.90. The maximum Gasteiger partial charge on any atom is 0.416 e. The Morgan fingerprint density at radius 3 is 2.52 bits per heavy atom. The quantitative estimate of drug-likeness (QED) is 0.653. The molecule has 6 nitrogen and oxygen atoms in total. The summed E-state index contributed by atoms with van der Waals surface area (Å²) >= 11 is 0. The molecule has 0 atom stereocenters. The average Bonchev–Trinajstić information content (AvgIpc) is 2.37. The van der Waals surface area contributed by atoms with Gasteiger partial charge in [0.2, 0.25) is 0 Å². The summed E-state index contributed by atoms with van der Waals surface area (Å²) in [4.78, 5) is 0. The number of methoxy groups -OCH3 is 1. The Kier molecular flexibility index (Phi) is 5.96. The molecule has 0 unspecified atom stereocenters. The SMILES string of the molecule is COCCNS(=O)(=O)Nc1ccc(CN)c(C(F)(F)F)c1. The van der Waals surface area contributed by atoms with Crippen molar-refractivity contribution >= 4 is 15.9 Å². The Labute approximate surface area is 120 Å². The lowest BCUT2D eigenvalue weighted by Gasteiger charge is -2.15. The van der Waals surface area contributed by atoms with E-state index in [1.807, 2.05) is 4.72 Å². The van der Waals surface area contributed by atoms with Crippen LogP contribution in [-0.4, -0.2) is 28.7 Å². The lowest BCUT2D eigenvalue weighted by Crippen LogP contribution is -2.32. The molecule has 0 aromatic heterocycles. The van der Waals surface area contributed by atoms with Gasteiger partial charge in [-0.25, -0.2) is 0 Å². The van der Waals surface area contributed by atoms with Gasteiger partial charge in [0.1, 0.15) is 0 Å². The van der Waals surface area contributed by atoms with Crippen LogP contribution >= 0.6 is 0 Å². The van der Waals surface area contributed by atoms with Crippen molar-refractivity contribution in [3.8, 4) is 0 Å². The molecule has 0 fully saturated rings. The van der Waals surface area contributed by atoms with Crippen LogP contribution in [0.25, 0.3) is 0 Å². The van der Waals surface area contributed by atoms with Crippen LogP contribution in [0, 0.1) is 0 Å². The number of hydrogen-bond donors (Lipinski definition) is 3. The summed E-state index contributed by atoms with van der Waals surface area (Å²) in [6.45, 7) is -0.159. The number of nitrogens with two attached hydrogens (primary N) is 1. The van der Waals surface area contributed by atoms with Gasteiger partial charge in [0.25, 0.3) is 10.2 Å². The van der Waals surface area contributed by atoms with Gasteiger partial charge in [-0.05, 0) is 17.7 Å². The van der Waals surface area contributed by atoms with Gasteiger partial charge < -0.3 is 10.5 Å². The smallest absolute Gasteiger partial charge is 0.383 e. The monoisotopic (exact) mass is 327 g/mol. The van der Waals surface area contributed by atoms with Crippen LogP contribution in [0.5, 0.6) is 0 Å². The van der Waals surface area contributed by atoms with E-state index >= 15 is 0 Å². The van der Waals surface area contributed by atoms with Gasteiger partial charge in [-0.3, -0.25) is 4.72 Å². The molecule has 0 aliphatic carbocycles. The number of rotatable bonds is 7. The summed E-state index contributed by atoms with van der Waals surface area (Å²) in [7, 11) is -2.58. The van der Waals surface area contributed by atoms with Gasteiger partial charge in [0.15, 0.2) is 0 Å². The highest BCUT2D eigenvalue weighted by Crippen LogP contribution is 2.33. The summed E-state index contributed by atoms with van der Waals surface area (Å²) in [6, 6.07) is 3.06. The maximum atomic E-state index is 12.8. The fourth-order valence-corrected chi connectivity index (χ4v) is 2.41. The topological polar surface area (TPSA) is 93.4 Å². The third-order valence-corrected chi connectivity index (χ3v) is 3.57. The molecule has 1 aromatic carbocycles. The molecule has 21 heavy (non-hydrogen) atoms. The van der Waals surface area contributed by atoms with E-state index in [9.17, 15) is 21.6 Å². The molecule has 0 aliphatic heterocycles. The van der Waals surface area contributed by atoms with Gasteiger partial charge in [-0.2, -0.15) is 26.3 Å². The van der Waals surface area contributed by atoms with E-state index in [0.29, 0.717) is 6.07 Å².